The van der Waals surface area contributed by atoms with Crippen molar-refractivity contribution in [2.45, 2.75) is 6.18 Å². The second-order valence-corrected chi connectivity index (χ2v) is 8.33. The van der Waals surface area contributed by atoms with E-state index in [-0.39, 0.29) is 23.2 Å². The number of nitrogens with zero attached hydrogens (tertiary/aromatic N) is 3. The highest BCUT2D eigenvalue weighted by Gasteiger charge is 2.35. The predicted octanol–water partition coefficient (Wildman–Crippen LogP) is 5.11. The summed E-state index contributed by atoms with van der Waals surface area (Å²) in [4.78, 5) is 22.6. The van der Waals surface area contributed by atoms with Crippen molar-refractivity contribution in [2.24, 2.45) is 0 Å². The van der Waals surface area contributed by atoms with Crippen LogP contribution in [0.25, 0.3) is 10.8 Å². The van der Waals surface area contributed by atoms with Gasteiger partial charge in [0, 0.05) is 42.3 Å². The summed E-state index contributed by atoms with van der Waals surface area (Å²) in [5.74, 6) is 0.275. The second kappa shape index (κ2) is 9.94. The van der Waals surface area contributed by atoms with Gasteiger partial charge in [-0.25, -0.2) is 4.98 Å². The van der Waals surface area contributed by atoms with Crippen molar-refractivity contribution < 1.29 is 27.4 Å². The number of rotatable bonds is 5. The van der Waals surface area contributed by atoms with E-state index in [0.29, 0.717) is 48.4 Å². The summed E-state index contributed by atoms with van der Waals surface area (Å²) in [5, 5.41) is 3.92. The molecular weight excluding hydrogens is 487 g/mol. The number of halogens is 3. The molecule has 1 aliphatic rings. The quantitative estimate of drug-likeness (QED) is 0.385. The topological polar surface area (TPSA) is 103 Å². The van der Waals surface area contributed by atoms with Gasteiger partial charge in [0.05, 0.1) is 18.8 Å². The highest BCUT2D eigenvalue weighted by molar-refractivity contribution is 6.13. The fourth-order valence-electron chi connectivity index (χ4n) is 4.18. The van der Waals surface area contributed by atoms with E-state index < -0.39 is 17.6 Å². The van der Waals surface area contributed by atoms with E-state index in [1.165, 1.54) is 18.3 Å². The molecule has 0 atom stereocenters. The summed E-state index contributed by atoms with van der Waals surface area (Å²) in [7, 11) is 0. The molecule has 8 nitrogen and oxygen atoms in total. The van der Waals surface area contributed by atoms with E-state index in [2.05, 4.69) is 15.3 Å². The lowest BCUT2D eigenvalue weighted by Crippen LogP contribution is -2.37. The van der Waals surface area contributed by atoms with Crippen molar-refractivity contribution >= 4 is 34.0 Å². The van der Waals surface area contributed by atoms with Gasteiger partial charge in [-0.2, -0.15) is 18.2 Å². The molecule has 1 aliphatic heterocycles. The van der Waals surface area contributed by atoms with Crippen LogP contribution in [0.3, 0.4) is 0 Å². The Morgan fingerprint density at radius 1 is 1.05 bits per heavy atom. The molecular formula is C26H22F3N5O3. The number of nitrogen functional groups attached to an aromatic ring is 1. The minimum absolute atomic E-state index is 0.0487. The summed E-state index contributed by atoms with van der Waals surface area (Å²) in [6.07, 6.45) is -3.11. The number of aromatic nitrogens is 2. The molecule has 1 fully saturated rings. The van der Waals surface area contributed by atoms with Crippen molar-refractivity contribution in [1.29, 1.82) is 0 Å². The maximum Gasteiger partial charge on any atom is 0.418 e. The Labute approximate surface area is 209 Å². The normalized spacial score (nSPS) is 14.0. The Kier molecular flexibility index (Phi) is 6.53. The lowest BCUT2D eigenvalue weighted by atomic mass is 10.0. The number of hydrogen-bond acceptors (Lipinski definition) is 7. The van der Waals surface area contributed by atoms with E-state index in [9.17, 15) is 18.0 Å². The van der Waals surface area contributed by atoms with Crippen molar-refractivity contribution in [3.63, 3.8) is 0 Å². The zero-order valence-electron chi connectivity index (χ0n) is 19.5. The minimum atomic E-state index is -4.58. The van der Waals surface area contributed by atoms with Crippen molar-refractivity contribution in [1.82, 2.24) is 9.97 Å². The summed E-state index contributed by atoms with van der Waals surface area (Å²) in [5.41, 5.74) is 5.20. The molecule has 2 heterocycles. The Hall–Kier alpha value is -4.38. The summed E-state index contributed by atoms with van der Waals surface area (Å²) in [6.45, 7) is 1.44. The van der Waals surface area contributed by atoms with E-state index >= 15 is 0 Å². The lowest BCUT2D eigenvalue weighted by Gasteiger charge is -2.31. The zero-order chi connectivity index (χ0) is 26.0. The molecule has 190 valence electrons. The van der Waals surface area contributed by atoms with Crippen LogP contribution >= 0.6 is 0 Å². The maximum atomic E-state index is 13.9. The second-order valence-electron chi connectivity index (χ2n) is 8.33. The van der Waals surface area contributed by atoms with Crippen LogP contribution in [0.4, 0.5) is 30.5 Å². The fraction of sp³-hybridized carbons (Fsp3) is 0.192. The van der Waals surface area contributed by atoms with Crippen molar-refractivity contribution in [3.8, 4) is 11.6 Å². The first-order valence-corrected chi connectivity index (χ1v) is 11.4. The number of ether oxygens (including phenoxy) is 2. The molecule has 0 aliphatic carbocycles. The van der Waals surface area contributed by atoms with Gasteiger partial charge in [0.1, 0.15) is 5.75 Å². The number of anilines is 3. The van der Waals surface area contributed by atoms with E-state index in [1.54, 1.807) is 47.4 Å². The van der Waals surface area contributed by atoms with Gasteiger partial charge in [-0.1, -0.05) is 12.1 Å². The average Bonchev–Trinajstić information content (AvgIpc) is 2.88. The van der Waals surface area contributed by atoms with Crippen LogP contribution in [0.5, 0.6) is 11.6 Å². The van der Waals surface area contributed by atoms with Gasteiger partial charge in [0.15, 0.2) is 0 Å². The number of morpholine rings is 1. The third-order valence-corrected chi connectivity index (χ3v) is 5.88. The summed E-state index contributed by atoms with van der Waals surface area (Å²) >= 11 is 0. The van der Waals surface area contributed by atoms with Gasteiger partial charge >= 0.3 is 6.18 Å². The standard InChI is InChI=1S/C26H22F3N5O3/c27-26(28,29)21-15-17(4-7-22(21)34-10-12-36-13-11-34)32-24(35)20-3-1-2-16-14-18(5-6-19(16)20)37-23-8-9-31-25(30)33-23/h1-9,14-15H,10-13H2,(H,32,35)(H2,30,31,33). The summed E-state index contributed by atoms with van der Waals surface area (Å²) < 4.78 is 52.6. The summed E-state index contributed by atoms with van der Waals surface area (Å²) in [6, 6.07) is 15.6. The van der Waals surface area contributed by atoms with Crippen LogP contribution in [0, 0.1) is 0 Å². The molecule has 4 aromatic rings. The van der Waals surface area contributed by atoms with Crippen LogP contribution in [-0.2, 0) is 10.9 Å². The van der Waals surface area contributed by atoms with Crippen LogP contribution in [0.2, 0.25) is 0 Å². The average molecular weight is 509 g/mol. The Morgan fingerprint density at radius 2 is 1.86 bits per heavy atom. The number of benzene rings is 3. The lowest BCUT2D eigenvalue weighted by molar-refractivity contribution is -0.137. The molecule has 3 aromatic carbocycles. The number of nitrogens with one attached hydrogen (secondary N) is 1. The van der Waals surface area contributed by atoms with Gasteiger partial charge in [-0.05, 0) is 53.2 Å². The number of alkyl halides is 3. The highest BCUT2D eigenvalue weighted by atomic mass is 19.4. The van der Waals surface area contributed by atoms with Crippen LogP contribution in [0.1, 0.15) is 15.9 Å². The fourth-order valence-corrected chi connectivity index (χ4v) is 4.18. The van der Waals surface area contributed by atoms with Gasteiger partial charge in [0.25, 0.3) is 5.91 Å². The van der Waals surface area contributed by atoms with Crippen LogP contribution in [0.15, 0.2) is 66.9 Å². The number of fused-ring (bicyclic) bond motifs is 1. The third-order valence-electron chi connectivity index (χ3n) is 5.88. The Balaban J connectivity index is 1.40. The SMILES string of the molecule is Nc1nccc(Oc2ccc3c(C(=O)Nc4ccc(N5CCOCC5)c(C(F)(F)F)c4)cccc3c2)n1. The van der Waals surface area contributed by atoms with Gasteiger partial charge < -0.3 is 25.4 Å². The third kappa shape index (κ3) is 5.41. The molecule has 5 rings (SSSR count). The largest absolute Gasteiger partial charge is 0.439 e. The number of nitrogens with two attached hydrogens (primary N) is 1. The smallest absolute Gasteiger partial charge is 0.418 e. The van der Waals surface area contributed by atoms with Crippen LogP contribution < -0.4 is 20.7 Å². The molecule has 1 aromatic heterocycles. The van der Waals surface area contributed by atoms with Gasteiger partial charge in [0.2, 0.25) is 11.8 Å². The van der Waals surface area contributed by atoms with Gasteiger partial charge in [-0.3, -0.25) is 4.79 Å². The van der Waals surface area contributed by atoms with Crippen LogP contribution in [-0.4, -0.2) is 42.2 Å². The van der Waals surface area contributed by atoms with Gasteiger partial charge in [-0.15, -0.1) is 0 Å². The monoisotopic (exact) mass is 509 g/mol. The molecule has 0 saturated carbocycles. The minimum Gasteiger partial charge on any atom is -0.439 e. The molecule has 0 spiro atoms. The number of hydrogen-bond donors (Lipinski definition) is 2. The Morgan fingerprint density at radius 3 is 2.62 bits per heavy atom. The molecule has 1 amide bonds. The molecule has 0 bridgehead atoms. The highest BCUT2D eigenvalue weighted by Crippen LogP contribution is 2.39. The molecule has 1 saturated heterocycles. The zero-order valence-corrected chi connectivity index (χ0v) is 19.5. The van der Waals surface area contributed by atoms with E-state index in [1.807, 2.05) is 0 Å². The number of carbonyl (C=O) groups is 1. The maximum absolute atomic E-state index is 13.9. The molecule has 11 heteroatoms. The number of amides is 1. The first-order chi connectivity index (χ1) is 17.8. The first-order valence-electron chi connectivity index (χ1n) is 11.4. The van der Waals surface area contributed by atoms with E-state index in [0.717, 1.165) is 6.07 Å². The Bertz CT molecular complexity index is 1460. The predicted molar refractivity (Wildman–Crippen MR) is 133 cm³/mol. The van der Waals surface area contributed by atoms with Crippen molar-refractivity contribution in [3.05, 3.63) is 78.0 Å². The van der Waals surface area contributed by atoms with Crippen molar-refractivity contribution in [2.75, 3.05) is 42.3 Å². The van der Waals surface area contributed by atoms with E-state index in [4.69, 9.17) is 15.2 Å². The molecule has 37 heavy (non-hydrogen) atoms. The molecule has 3 N–H and O–H groups in total. The number of carbonyl (C=O) groups excluding carboxylic acids is 1. The molecule has 0 radical (unpaired) electrons. The first kappa shape index (κ1) is 24.3. The molecule has 0 unspecified atom stereocenters.